The zero-order valence-corrected chi connectivity index (χ0v) is 17.0. The first kappa shape index (κ1) is 18.3. The van der Waals surface area contributed by atoms with Crippen molar-refractivity contribution in [2.24, 2.45) is 17.8 Å². The van der Waals surface area contributed by atoms with Crippen molar-refractivity contribution in [1.82, 2.24) is 14.9 Å². The lowest BCUT2D eigenvalue weighted by Gasteiger charge is -2.20. The molecule has 2 aliphatic rings. The first-order chi connectivity index (χ1) is 14.3. The number of nitrogens with one attached hydrogen (secondary N) is 1. The van der Waals surface area contributed by atoms with Crippen molar-refractivity contribution in [3.63, 3.8) is 0 Å². The van der Waals surface area contributed by atoms with Gasteiger partial charge >= 0.3 is 0 Å². The van der Waals surface area contributed by atoms with Crippen LogP contribution in [0.3, 0.4) is 0 Å². The van der Waals surface area contributed by atoms with Crippen LogP contribution in [0.1, 0.15) is 12.0 Å². The number of pyridine rings is 1. The third-order valence-corrected chi connectivity index (χ3v) is 6.91. The molecule has 3 atom stereocenters. The fourth-order valence-electron chi connectivity index (χ4n) is 4.40. The third-order valence-electron chi connectivity index (χ3n) is 6.11. The number of thiazole rings is 1. The van der Waals surface area contributed by atoms with Crippen LogP contribution in [0.15, 0.2) is 60.1 Å². The molecule has 1 aliphatic carbocycles. The summed E-state index contributed by atoms with van der Waals surface area (Å²) in [6, 6.07) is 16.1. The Hall–Kier alpha value is -2.73. The number of hydrogen-bond donors (Lipinski definition) is 1. The monoisotopic (exact) mass is 404 g/mol. The van der Waals surface area contributed by atoms with Gasteiger partial charge in [-0.3, -0.25) is 9.78 Å². The van der Waals surface area contributed by atoms with Gasteiger partial charge in [-0.05, 0) is 41.9 Å². The summed E-state index contributed by atoms with van der Waals surface area (Å²) in [4.78, 5) is 23.6. The Balaban J connectivity index is 1.07. The first-order valence-corrected chi connectivity index (χ1v) is 11.1. The fourth-order valence-corrected chi connectivity index (χ4v) is 5.12. The number of rotatable bonds is 7. The molecule has 2 fully saturated rings. The van der Waals surface area contributed by atoms with Crippen LogP contribution in [0.5, 0.6) is 0 Å². The number of hydrogen-bond acceptors (Lipinski definition) is 5. The molecule has 1 aromatic carbocycles. The second-order valence-corrected chi connectivity index (χ2v) is 8.77. The predicted molar refractivity (Wildman–Crippen MR) is 116 cm³/mol. The molecule has 5 rings (SSSR count). The van der Waals surface area contributed by atoms with E-state index in [9.17, 15) is 4.79 Å². The molecule has 3 aromatic rings. The van der Waals surface area contributed by atoms with Crippen LogP contribution in [-0.2, 0) is 11.2 Å². The lowest BCUT2D eigenvalue weighted by atomic mass is 10.1. The number of nitrogens with zero attached hydrogens (tertiary/aromatic N) is 3. The van der Waals surface area contributed by atoms with Crippen LogP contribution >= 0.6 is 11.3 Å². The van der Waals surface area contributed by atoms with Crippen molar-refractivity contribution in [2.45, 2.75) is 12.8 Å². The molecule has 3 heterocycles. The Morgan fingerprint density at radius 2 is 1.86 bits per heavy atom. The summed E-state index contributed by atoms with van der Waals surface area (Å²) in [6.45, 7) is 2.78. The zero-order valence-electron chi connectivity index (χ0n) is 16.2. The molecule has 1 aliphatic heterocycles. The van der Waals surface area contributed by atoms with Gasteiger partial charge < -0.3 is 10.2 Å². The lowest BCUT2D eigenvalue weighted by molar-refractivity contribution is -0.130. The topological polar surface area (TPSA) is 58.1 Å². The summed E-state index contributed by atoms with van der Waals surface area (Å²) >= 11 is 1.63. The minimum atomic E-state index is 0.299. The Morgan fingerprint density at radius 3 is 2.62 bits per heavy atom. The van der Waals surface area contributed by atoms with E-state index < -0.39 is 0 Å². The largest absolute Gasteiger partial charge is 0.361 e. The van der Waals surface area contributed by atoms with Gasteiger partial charge in [0.25, 0.3) is 0 Å². The van der Waals surface area contributed by atoms with Gasteiger partial charge in [0.15, 0.2) is 5.13 Å². The smallest absolute Gasteiger partial charge is 0.222 e. The Bertz CT molecular complexity index is 963. The van der Waals surface area contributed by atoms with Crippen LogP contribution in [-0.4, -0.2) is 40.4 Å². The number of fused-ring (bicyclic) bond motifs is 1. The standard InChI is InChI=1S/C23H24N4OS/c28-22(10-9-16-6-2-1-3-7-16)27-13-18-17(19(18)14-27)12-25-23-26-21(15-29-23)20-8-4-5-11-24-20/h1-8,11,15,17-19H,9-10,12-14H2,(H,25,26)/t17?,18-,19+. The number of amides is 1. The Labute approximate surface area is 174 Å². The SMILES string of the molecule is O=C(CCc1ccccc1)N1C[C@@H]2C(CNc3nc(-c4ccccn4)cs3)[C@@H]2C1. The number of aryl methyl sites for hydroxylation is 1. The van der Waals surface area contributed by atoms with Gasteiger partial charge in [0.1, 0.15) is 5.69 Å². The van der Waals surface area contributed by atoms with Crippen LogP contribution < -0.4 is 5.32 Å². The summed E-state index contributed by atoms with van der Waals surface area (Å²) in [5.41, 5.74) is 3.06. The van der Waals surface area contributed by atoms with Crippen molar-refractivity contribution >= 4 is 22.4 Å². The van der Waals surface area contributed by atoms with Gasteiger partial charge in [0.05, 0.1) is 5.69 Å². The van der Waals surface area contributed by atoms with Crippen molar-refractivity contribution < 1.29 is 4.79 Å². The Morgan fingerprint density at radius 1 is 1.07 bits per heavy atom. The van der Waals surface area contributed by atoms with Gasteiger partial charge in [0, 0.05) is 37.6 Å². The molecule has 5 nitrogen and oxygen atoms in total. The second-order valence-electron chi connectivity index (χ2n) is 7.91. The summed E-state index contributed by atoms with van der Waals surface area (Å²) in [7, 11) is 0. The highest BCUT2D eigenvalue weighted by atomic mass is 32.1. The first-order valence-electron chi connectivity index (χ1n) is 10.2. The fraction of sp³-hybridized carbons (Fsp3) is 0.348. The van der Waals surface area contributed by atoms with E-state index in [-0.39, 0.29) is 0 Å². The maximum atomic E-state index is 12.5. The summed E-state index contributed by atoms with van der Waals surface area (Å²) in [5, 5.41) is 6.49. The molecule has 0 bridgehead atoms. The number of anilines is 1. The minimum Gasteiger partial charge on any atom is -0.361 e. The molecule has 29 heavy (non-hydrogen) atoms. The Kier molecular flexibility index (Phi) is 5.02. The normalized spacial score (nSPS) is 22.3. The molecule has 0 spiro atoms. The second kappa shape index (κ2) is 7.95. The van der Waals surface area contributed by atoms with Crippen molar-refractivity contribution in [2.75, 3.05) is 25.0 Å². The number of aromatic nitrogens is 2. The van der Waals surface area contributed by atoms with Gasteiger partial charge in [-0.15, -0.1) is 11.3 Å². The zero-order chi connectivity index (χ0) is 19.6. The maximum Gasteiger partial charge on any atom is 0.222 e. The quantitative estimate of drug-likeness (QED) is 0.648. The van der Waals surface area contributed by atoms with Gasteiger partial charge in [-0.2, -0.15) is 0 Å². The molecular weight excluding hydrogens is 380 g/mol. The maximum absolute atomic E-state index is 12.5. The predicted octanol–water partition coefficient (Wildman–Crippen LogP) is 3.95. The van der Waals surface area contributed by atoms with Crippen LogP contribution in [0.2, 0.25) is 0 Å². The molecule has 6 heteroatoms. The summed E-state index contributed by atoms with van der Waals surface area (Å²) in [5.74, 6) is 2.26. The highest BCUT2D eigenvalue weighted by Gasteiger charge is 2.56. The number of carbonyl (C=O) groups excluding carboxylic acids is 1. The van der Waals surface area contributed by atoms with Crippen LogP contribution in [0, 0.1) is 17.8 Å². The van der Waals surface area contributed by atoms with Gasteiger partial charge in [-0.25, -0.2) is 4.98 Å². The van der Waals surface area contributed by atoms with E-state index in [1.54, 1.807) is 17.5 Å². The van der Waals surface area contributed by atoms with Crippen molar-refractivity contribution in [3.8, 4) is 11.4 Å². The van der Waals surface area contributed by atoms with E-state index in [0.29, 0.717) is 30.1 Å². The van der Waals surface area contributed by atoms with E-state index in [1.807, 2.05) is 41.8 Å². The van der Waals surface area contributed by atoms with E-state index in [4.69, 9.17) is 0 Å². The molecule has 2 aromatic heterocycles. The molecule has 1 amide bonds. The highest BCUT2D eigenvalue weighted by Crippen LogP contribution is 2.51. The van der Waals surface area contributed by atoms with E-state index >= 15 is 0 Å². The molecule has 1 saturated carbocycles. The molecule has 0 radical (unpaired) electrons. The summed E-state index contributed by atoms with van der Waals surface area (Å²) in [6.07, 6.45) is 3.24. The van der Waals surface area contributed by atoms with Crippen molar-refractivity contribution in [3.05, 3.63) is 65.7 Å². The lowest BCUT2D eigenvalue weighted by Crippen LogP contribution is -2.32. The average molecular weight is 405 g/mol. The number of carbonyl (C=O) groups is 1. The summed E-state index contributed by atoms with van der Waals surface area (Å²) < 4.78 is 0. The number of likely N-dealkylation sites (tertiary alicyclic amines) is 1. The third kappa shape index (κ3) is 4.03. The molecule has 1 saturated heterocycles. The highest BCUT2D eigenvalue weighted by molar-refractivity contribution is 7.14. The molecule has 1 N–H and O–H groups in total. The minimum absolute atomic E-state index is 0.299. The van der Waals surface area contributed by atoms with Crippen LogP contribution in [0.4, 0.5) is 5.13 Å². The molecule has 148 valence electrons. The average Bonchev–Trinajstić information content (AvgIpc) is 3.14. The van der Waals surface area contributed by atoms with E-state index in [0.717, 1.165) is 42.6 Å². The van der Waals surface area contributed by atoms with Gasteiger partial charge in [-0.1, -0.05) is 36.4 Å². The van der Waals surface area contributed by atoms with Crippen LogP contribution in [0.25, 0.3) is 11.4 Å². The van der Waals surface area contributed by atoms with Gasteiger partial charge in [0.2, 0.25) is 5.91 Å². The number of piperidine rings is 1. The molecular formula is C23H24N4OS. The van der Waals surface area contributed by atoms with E-state index in [2.05, 4.69) is 32.3 Å². The van der Waals surface area contributed by atoms with Crippen molar-refractivity contribution in [1.29, 1.82) is 0 Å². The van der Waals surface area contributed by atoms with E-state index in [1.165, 1.54) is 5.56 Å². The molecule has 1 unspecified atom stereocenters. The number of benzene rings is 1.